The van der Waals surface area contributed by atoms with Gasteiger partial charge in [-0.3, -0.25) is 14.9 Å². The third-order valence-electron chi connectivity index (χ3n) is 11.6. The molecule has 3 aliphatic heterocycles. The first-order valence-corrected chi connectivity index (χ1v) is 18.1. The molecule has 2 amide bonds. The van der Waals surface area contributed by atoms with Gasteiger partial charge in [0.2, 0.25) is 0 Å². The second kappa shape index (κ2) is 11.3. The van der Waals surface area contributed by atoms with E-state index in [1.807, 2.05) is 4.57 Å². The number of aromatic nitrogens is 3. The molecular formula is C37H39FN6O3S. The molecule has 3 saturated carbocycles. The Morgan fingerprint density at radius 1 is 1.06 bits per heavy atom. The number of rotatable bonds is 8. The van der Waals surface area contributed by atoms with Crippen LogP contribution in [-0.2, 0) is 29.7 Å². The Hall–Kier alpha value is -3.93. The van der Waals surface area contributed by atoms with E-state index in [0.29, 0.717) is 32.9 Å². The first-order chi connectivity index (χ1) is 23.3. The number of likely N-dealkylation sites (tertiary alicyclic amines) is 1. The molecule has 4 aromatic rings. The number of carbonyl (C=O) groups is 2. The number of hydrogen-bond donors (Lipinski definition) is 2. The van der Waals surface area contributed by atoms with Crippen molar-refractivity contribution in [1.29, 1.82) is 0 Å². The first kappa shape index (κ1) is 30.2. The number of nitrogens with zero attached hydrogens (tertiary/aromatic N) is 5. The van der Waals surface area contributed by atoms with Gasteiger partial charge in [0.15, 0.2) is 11.2 Å². The second-order valence-corrected chi connectivity index (χ2v) is 15.7. The summed E-state index contributed by atoms with van der Waals surface area (Å²) in [6.45, 7) is 4.03. The largest absolute Gasteiger partial charge is 0.393 e. The maximum atomic E-state index is 15.8. The lowest BCUT2D eigenvalue weighted by atomic mass is 9.33. The molecule has 10 rings (SSSR count). The number of aliphatic hydroxyl groups is 1. The SMILES string of the molecule is O=C(Nc1nccs1)[C@@H](c1ncn2c1CCC2)N1Cc2c(F)cc(-c3ccc(C45CC(CN6CCC[C@@H](O)CC6)(C4)C5)cc3)cc2C1=O. The summed E-state index contributed by atoms with van der Waals surface area (Å²) < 4.78 is 17.8. The van der Waals surface area contributed by atoms with Gasteiger partial charge in [0.25, 0.3) is 11.8 Å². The average Bonchev–Trinajstić information content (AvgIpc) is 3.83. The Morgan fingerprint density at radius 2 is 1.90 bits per heavy atom. The van der Waals surface area contributed by atoms with Crippen LogP contribution in [0.2, 0.25) is 0 Å². The van der Waals surface area contributed by atoms with Gasteiger partial charge in [0.1, 0.15) is 5.82 Å². The molecule has 6 aliphatic rings. The van der Waals surface area contributed by atoms with Crippen LogP contribution in [0.25, 0.3) is 11.1 Å². The van der Waals surface area contributed by atoms with Crippen molar-refractivity contribution in [3.05, 3.63) is 88.2 Å². The maximum Gasteiger partial charge on any atom is 0.255 e. The number of thiazole rings is 1. The van der Waals surface area contributed by atoms with Crippen LogP contribution in [0.4, 0.5) is 9.52 Å². The van der Waals surface area contributed by atoms with Crippen LogP contribution < -0.4 is 5.32 Å². The van der Waals surface area contributed by atoms with E-state index in [1.54, 1.807) is 24.0 Å². The third kappa shape index (κ3) is 4.92. The fraction of sp³-hybridized carbons (Fsp3) is 0.459. The van der Waals surface area contributed by atoms with Crippen molar-refractivity contribution < 1.29 is 19.1 Å². The molecule has 2 bridgehead atoms. The minimum atomic E-state index is -1.01. The van der Waals surface area contributed by atoms with Crippen molar-refractivity contribution in [3.63, 3.8) is 0 Å². The molecular weight excluding hydrogens is 628 g/mol. The number of imidazole rings is 1. The number of aliphatic hydroxyl groups excluding tert-OH is 1. The van der Waals surface area contributed by atoms with Gasteiger partial charge in [0.05, 0.1) is 24.7 Å². The highest BCUT2D eigenvalue weighted by molar-refractivity contribution is 7.13. The van der Waals surface area contributed by atoms with Gasteiger partial charge in [-0.2, -0.15) is 0 Å². The van der Waals surface area contributed by atoms with Gasteiger partial charge in [-0.25, -0.2) is 14.4 Å². The number of aryl methyl sites for hydroxylation is 1. The quantitative estimate of drug-likeness (QED) is 0.250. The van der Waals surface area contributed by atoms with E-state index in [9.17, 15) is 14.7 Å². The summed E-state index contributed by atoms with van der Waals surface area (Å²) in [5, 5.41) is 15.1. The zero-order valence-electron chi connectivity index (χ0n) is 26.8. The molecule has 248 valence electrons. The fourth-order valence-corrected chi connectivity index (χ4v) is 9.96. The van der Waals surface area contributed by atoms with Crippen LogP contribution in [0, 0.1) is 11.2 Å². The molecule has 0 spiro atoms. The van der Waals surface area contributed by atoms with Crippen LogP contribution in [0.1, 0.15) is 83.9 Å². The molecule has 3 aliphatic carbocycles. The van der Waals surface area contributed by atoms with Gasteiger partial charge < -0.3 is 19.5 Å². The van der Waals surface area contributed by atoms with Crippen LogP contribution in [0.3, 0.4) is 0 Å². The monoisotopic (exact) mass is 666 g/mol. The van der Waals surface area contributed by atoms with Crippen LogP contribution in [0.5, 0.6) is 0 Å². The third-order valence-corrected chi connectivity index (χ3v) is 12.3. The topological polar surface area (TPSA) is 104 Å². The Kier molecular flexibility index (Phi) is 7.11. The smallest absolute Gasteiger partial charge is 0.255 e. The highest BCUT2D eigenvalue weighted by atomic mass is 32.1. The molecule has 2 N–H and O–H groups in total. The second-order valence-electron chi connectivity index (χ2n) is 14.8. The van der Waals surface area contributed by atoms with Crippen LogP contribution >= 0.6 is 11.3 Å². The van der Waals surface area contributed by atoms with E-state index < -0.39 is 17.8 Å². The average molecular weight is 667 g/mol. The van der Waals surface area contributed by atoms with Gasteiger partial charge in [-0.1, -0.05) is 24.3 Å². The summed E-state index contributed by atoms with van der Waals surface area (Å²) in [5.41, 5.74) is 5.58. The summed E-state index contributed by atoms with van der Waals surface area (Å²) in [6.07, 6.45) is 11.4. The predicted molar refractivity (Wildman–Crippen MR) is 180 cm³/mol. The van der Waals surface area contributed by atoms with Crippen molar-refractivity contribution in [1.82, 2.24) is 24.3 Å². The molecule has 1 saturated heterocycles. The highest BCUT2D eigenvalue weighted by Crippen LogP contribution is 2.73. The molecule has 2 atom stereocenters. The lowest BCUT2D eigenvalue weighted by molar-refractivity contribution is -0.155. The Morgan fingerprint density at radius 3 is 2.69 bits per heavy atom. The molecule has 0 unspecified atom stereocenters. The highest BCUT2D eigenvalue weighted by Gasteiger charge is 2.68. The van der Waals surface area contributed by atoms with E-state index in [0.717, 1.165) is 69.5 Å². The zero-order valence-corrected chi connectivity index (χ0v) is 27.6. The van der Waals surface area contributed by atoms with Crippen LogP contribution in [-0.4, -0.2) is 67.0 Å². The van der Waals surface area contributed by atoms with Crippen LogP contribution in [0.15, 0.2) is 54.3 Å². The normalized spacial score (nSPS) is 26.8. The van der Waals surface area contributed by atoms with Crippen molar-refractivity contribution in [2.75, 3.05) is 25.0 Å². The van der Waals surface area contributed by atoms with E-state index in [4.69, 9.17) is 0 Å². The van der Waals surface area contributed by atoms with E-state index >= 15 is 4.39 Å². The Labute approximate surface area is 282 Å². The molecule has 0 radical (unpaired) electrons. The lowest BCUT2D eigenvalue weighted by Crippen LogP contribution is -2.68. The number of fused-ring (bicyclic) bond motifs is 2. The Balaban J connectivity index is 0.932. The number of halogens is 1. The number of benzene rings is 2. The molecule has 9 nitrogen and oxygen atoms in total. The molecule has 5 heterocycles. The first-order valence-electron chi connectivity index (χ1n) is 17.2. The van der Waals surface area contributed by atoms with Crippen molar-refractivity contribution in [3.8, 4) is 11.1 Å². The van der Waals surface area contributed by atoms with E-state index in [-0.39, 0.29) is 24.0 Å². The summed E-state index contributed by atoms with van der Waals surface area (Å²) in [6, 6.07) is 10.7. The molecule has 4 fully saturated rings. The Bertz CT molecular complexity index is 1890. The van der Waals surface area contributed by atoms with Crippen molar-refractivity contribution in [2.45, 2.75) is 82.0 Å². The van der Waals surface area contributed by atoms with Gasteiger partial charge in [0, 0.05) is 48.0 Å². The van der Waals surface area contributed by atoms with Crippen molar-refractivity contribution in [2.24, 2.45) is 5.41 Å². The van der Waals surface area contributed by atoms with E-state index in [2.05, 4.69) is 44.5 Å². The summed E-state index contributed by atoms with van der Waals surface area (Å²) in [7, 11) is 0. The molecule has 2 aromatic heterocycles. The van der Waals surface area contributed by atoms with Gasteiger partial charge in [-0.05, 0) is 97.6 Å². The molecule has 48 heavy (non-hydrogen) atoms. The standard InChI is InChI=1S/C37H39FN6O3S/c38-29-16-24(23-5-7-25(8-6-23)37-18-36(19-37,20-37)21-42-11-1-3-26(45)9-13-42)15-27-28(29)17-44(34(27)47)32(33(46)41-35-39-10-14-48-35)31-30-4-2-12-43(30)22-40-31/h5-8,10,14-16,22,26,32,45H,1-4,9,11-13,17-21H2,(H,39,41,46)/t26-,32-,36?,37?/m1/s1. The number of nitrogens with one attached hydrogen (secondary N) is 1. The number of carbonyl (C=O) groups excluding carboxylic acids is 2. The van der Waals surface area contributed by atoms with E-state index in [1.165, 1.54) is 47.1 Å². The fourth-order valence-electron chi connectivity index (χ4n) is 9.42. The zero-order chi connectivity index (χ0) is 32.6. The van der Waals surface area contributed by atoms with Crippen molar-refractivity contribution >= 4 is 28.3 Å². The van der Waals surface area contributed by atoms with Gasteiger partial charge in [-0.15, -0.1) is 11.3 Å². The number of amides is 2. The summed E-state index contributed by atoms with van der Waals surface area (Å²) in [4.78, 5) is 40.6. The summed E-state index contributed by atoms with van der Waals surface area (Å²) in [5.74, 6) is -1.23. The lowest BCUT2D eigenvalue weighted by Gasteiger charge is -2.72. The minimum Gasteiger partial charge on any atom is -0.393 e. The number of hydrogen-bond acceptors (Lipinski definition) is 7. The molecule has 2 aromatic carbocycles. The maximum absolute atomic E-state index is 15.8. The summed E-state index contributed by atoms with van der Waals surface area (Å²) >= 11 is 1.30. The minimum absolute atomic E-state index is 0.0102. The predicted octanol–water partition coefficient (Wildman–Crippen LogP) is 5.70. The van der Waals surface area contributed by atoms with Gasteiger partial charge >= 0.3 is 0 Å². The molecule has 11 heteroatoms. The number of anilines is 1.